The number of rotatable bonds is 9. The molecule has 4 rings (SSSR count). The summed E-state index contributed by atoms with van der Waals surface area (Å²) in [5.41, 5.74) is 1.03. The lowest BCUT2D eigenvalue weighted by Crippen LogP contribution is -2.53. The second-order valence-electron chi connectivity index (χ2n) is 8.77. The topological polar surface area (TPSA) is 114 Å². The molecule has 3 heterocycles. The van der Waals surface area contributed by atoms with Crippen LogP contribution in [0, 0.1) is 5.82 Å². The minimum absolute atomic E-state index is 0.0386. The van der Waals surface area contributed by atoms with Crippen LogP contribution in [0.3, 0.4) is 0 Å². The van der Waals surface area contributed by atoms with E-state index in [4.69, 9.17) is 14.4 Å². The molecule has 3 aromatic rings. The molecular formula is C24H28FN5O4. The molecule has 0 unspecified atom stereocenters. The van der Waals surface area contributed by atoms with Crippen LogP contribution in [0.4, 0.5) is 4.39 Å². The molecule has 34 heavy (non-hydrogen) atoms. The largest absolute Gasteiger partial charge is 0.486 e. The summed E-state index contributed by atoms with van der Waals surface area (Å²) >= 11 is 0. The third-order valence-corrected chi connectivity index (χ3v) is 5.48. The SMILES string of the molecule is CC(C)c1noc(CN2CC(Oc3ccc(-c4ccc(C(=O)N[C@H](C)CO)c(F)c4)nc3)C2)n1. The highest BCUT2D eigenvalue weighted by molar-refractivity contribution is 5.95. The van der Waals surface area contributed by atoms with E-state index in [9.17, 15) is 9.18 Å². The average Bonchev–Trinajstić information content (AvgIpc) is 3.27. The van der Waals surface area contributed by atoms with Gasteiger partial charge in [0.05, 0.1) is 30.6 Å². The van der Waals surface area contributed by atoms with Crippen LogP contribution in [-0.4, -0.2) is 62.9 Å². The van der Waals surface area contributed by atoms with Crippen LogP contribution in [0.15, 0.2) is 41.1 Å². The predicted octanol–water partition coefficient (Wildman–Crippen LogP) is 2.77. The van der Waals surface area contributed by atoms with Crippen LogP contribution in [0.25, 0.3) is 11.3 Å². The van der Waals surface area contributed by atoms with Gasteiger partial charge in [-0.15, -0.1) is 0 Å². The summed E-state index contributed by atoms with van der Waals surface area (Å²) in [5.74, 6) is 0.947. The van der Waals surface area contributed by atoms with Crippen LogP contribution >= 0.6 is 0 Å². The second kappa shape index (κ2) is 10.3. The molecule has 1 atom stereocenters. The van der Waals surface area contributed by atoms with E-state index in [2.05, 4.69) is 25.3 Å². The Hall–Kier alpha value is -3.37. The molecule has 0 aliphatic carbocycles. The maximum absolute atomic E-state index is 14.5. The van der Waals surface area contributed by atoms with Gasteiger partial charge in [-0.3, -0.25) is 14.7 Å². The van der Waals surface area contributed by atoms with Crippen molar-refractivity contribution in [3.63, 3.8) is 0 Å². The van der Waals surface area contributed by atoms with E-state index in [0.29, 0.717) is 35.3 Å². The van der Waals surface area contributed by atoms with E-state index in [1.165, 1.54) is 12.1 Å². The number of aliphatic hydroxyl groups excluding tert-OH is 1. The number of halogens is 1. The summed E-state index contributed by atoms with van der Waals surface area (Å²) in [6.45, 7) is 7.53. The van der Waals surface area contributed by atoms with Crippen molar-refractivity contribution >= 4 is 5.91 Å². The quantitative estimate of drug-likeness (QED) is 0.492. The minimum atomic E-state index is -0.654. The Kier molecular flexibility index (Phi) is 7.18. The van der Waals surface area contributed by atoms with Gasteiger partial charge < -0.3 is 19.7 Å². The Bertz CT molecular complexity index is 1130. The molecule has 1 aliphatic rings. The first-order chi connectivity index (χ1) is 16.3. The molecular weight excluding hydrogens is 441 g/mol. The monoisotopic (exact) mass is 469 g/mol. The van der Waals surface area contributed by atoms with Gasteiger partial charge in [-0.25, -0.2) is 4.39 Å². The number of amides is 1. The van der Waals surface area contributed by atoms with Crippen molar-refractivity contribution in [3.05, 3.63) is 59.6 Å². The summed E-state index contributed by atoms with van der Waals surface area (Å²) in [4.78, 5) is 23.0. The molecule has 0 bridgehead atoms. The number of ether oxygens (including phenoxy) is 1. The fourth-order valence-electron chi connectivity index (χ4n) is 3.50. The van der Waals surface area contributed by atoms with Crippen LogP contribution in [0.1, 0.15) is 48.8 Å². The predicted molar refractivity (Wildman–Crippen MR) is 122 cm³/mol. The first kappa shape index (κ1) is 23.8. The van der Waals surface area contributed by atoms with Gasteiger partial charge in [0.15, 0.2) is 5.82 Å². The zero-order valence-corrected chi connectivity index (χ0v) is 19.4. The van der Waals surface area contributed by atoms with Crippen molar-refractivity contribution in [3.8, 4) is 17.0 Å². The third-order valence-electron chi connectivity index (χ3n) is 5.48. The minimum Gasteiger partial charge on any atom is -0.486 e. The zero-order valence-electron chi connectivity index (χ0n) is 19.4. The van der Waals surface area contributed by atoms with Gasteiger partial charge in [0.2, 0.25) is 5.89 Å². The summed E-state index contributed by atoms with van der Waals surface area (Å²) in [7, 11) is 0. The normalized spacial score (nSPS) is 15.2. The number of aromatic nitrogens is 3. The fourth-order valence-corrected chi connectivity index (χ4v) is 3.50. The lowest BCUT2D eigenvalue weighted by atomic mass is 10.1. The van der Waals surface area contributed by atoms with Gasteiger partial charge in [0.25, 0.3) is 5.91 Å². The number of aliphatic hydroxyl groups is 1. The number of nitrogens with zero attached hydrogens (tertiary/aromatic N) is 4. The van der Waals surface area contributed by atoms with E-state index < -0.39 is 17.8 Å². The standard InChI is InChI=1S/C24H28FN5O4/c1-14(2)23-28-22(34-29-23)12-30-10-18(11-30)33-17-5-7-21(26-9-17)16-4-6-19(20(25)8-16)24(32)27-15(3)13-31/h4-9,14-15,18,31H,10-13H2,1-3H3,(H,27,32)/t15-/m1/s1. The van der Waals surface area contributed by atoms with E-state index in [0.717, 1.165) is 13.1 Å². The first-order valence-corrected chi connectivity index (χ1v) is 11.2. The lowest BCUT2D eigenvalue weighted by molar-refractivity contribution is 0.00844. The molecule has 1 fully saturated rings. The molecule has 1 amide bonds. The van der Waals surface area contributed by atoms with E-state index in [-0.39, 0.29) is 24.2 Å². The molecule has 1 saturated heterocycles. The van der Waals surface area contributed by atoms with Crippen molar-refractivity contribution in [2.75, 3.05) is 19.7 Å². The molecule has 10 heteroatoms. The van der Waals surface area contributed by atoms with Gasteiger partial charge in [0, 0.05) is 30.6 Å². The zero-order chi connectivity index (χ0) is 24.2. The van der Waals surface area contributed by atoms with Gasteiger partial charge >= 0.3 is 0 Å². The fraction of sp³-hybridized carbons (Fsp3) is 0.417. The smallest absolute Gasteiger partial charge is 0.254 e. The molecule has 0 saturated carbocycles. The first-order valence-electron chi connectivity index (χ1n) is 11.2. The van der Waals surface area contributed by atoms with Crippen molar-refractivity contribution in [1.82, 2.24) is 25.3 Å². The highest BCUT2D eigenvalue weighted by atomic mass is 19.1. The Morgan fingerprint density at radius 1 is 1.29 bits per heavy atom. The number of nitrogens with one attached hydrogen (secondary N) is 1. The number of likely N-dealkylation sites (tertiary alicyclic amines) is 1. The number of carbonyl (C=O) groups is 1. The Balaban J connectivity index is 1.29. The molecule has 9 nitrogen and oxygen atoms in total. The molecule has 180 valence electrons. The highest BCUT2D eigenvalue weighted by Crippen LogP contribution is 2.24. The molecule has 0 radical (unpaired) electrons. The molecule has 0 spiro atoms. The van der Waals surface area contributed by atoms with Crippen molar-refractivity contribution in [2.45, 2.75) is 45.4 Å². The number of carbonyl (C=O) groups excluding carboxylic acids is 1. The average molecular weight is 470 g/mol. The van der Waals surface area contributed by atoms with E-state index >= 15 is 0 Å². The van der Waals surface area contributed by atoms with Crippen LogP contribution < -0.4 is 10.1 Å². The highest BCUT2D eigenvalue weighted by Gasteiger charge is 2.30. The number of pyridine rings is 1. The Morgan fingerprint density at radius 2 is 2.09 bits per heavy atom. The van der Waals surface area contributed by atoms with Crippen LogP contribution in [0.5, 0.6) is 5.75 Å². The van der Waals surface area contributed by atoms with Crippen molar-refractivity contribution in [1.29, 1.82) is 0 Å². The van der Waals surface area contributed by atoms with E-state index in [1.807, 2.05) is 13.8 Å². The Labute approximate surface area is 197 Å². The summed E-state index contributed by atoms with van der Waals surface area (Å²) in [6, 6.07) is 7.40. The summed E-state index contributed by atoms with van der Waals surface area (Å²) in [5, 5.41) is 15.5. The second-order valence-corrected chi connectivity index (χ2v) is 8.77. The maximum Gasteiger partial charge on any atom is 0.254 e. The van der Waals surface area contributed by atoms with Crippen molar-refractivity contribution in [2.24, 2.45) is 0 Å². The molecule has 1 aromatic carbocycles. The van der Waals surface area contributed by atoms with Crippen LogP contribution in [0.2, 0.25) is 0 Å². The molecule has 2 N–H and O–H groups in total. The van der Waals surface area contributed by atoms with E-state index in [1.54, 1.807) is 31.3 Å². The van der Waals surface area contributed by atoms with Crippen molar-refractivity contribution < 1.29 is 23.6 Å². The van der Waals surface area contributed by atoms with Crippen LogP contribution in [-0.2, 0) is 6.54 Å². The maximum atomic E-state index is 14.5. The summed E-state index contributed by atoms with van der Waals surface area (Å²) in [6.07, 6.45) is 1.64. The summed E-state index contributed by atoms with van der Waals surface area (Å²) < 4.78 is 25.7. The molecule has 1 aliphatic heterocycles. The number of hydrogen-bond acceptors (Lipinski definition) is 8. The van der Waals surface area contributed by atoms with Gasteiger partial charge in [0.1, 0.15) is 17.7 Å². The number of benzene rings is 1. The number of hydrogen-bond donors (Lipinski definition) is 2. The Morgan fingerprint density at radius 3 is 2.71 bits per heavy atom. The van der Waals surface area contributed by atoms with Gasteiger partial charge in [-0.2, -0.15) is 4.98 Å². The molecule has 2 aromatic heterocycles. The third kappa shape index (κ3) is 5.57. The lowest BCUT2D eigenvalue weighted by Gasteiger charge is -2.37. The van der Waals surface area contributed by atoms with Gasteiger partial charge in [-0.05, 0) is 31.2 Å². The van der Waals surface area contributed by atoms with Gasteiger partial charge in [-0.1, -0.05) is 25.1 Å².